The zero-order chi connectivity index (χ0) is 7.82. The second-order valence-corrected chi connectivity index (χ2v) is 1.98. The minimum atomic E-state index is 0.473. The van der Waals surface area contributed by atoms with E-state index in [0.29, 0.717) is 26.6 Å². The third-order valence-corrected chi connectivity index (χ3v) is 1.18. The molecule has 0 saturated carbocycles. The third-order valence-electron chi connectivity index (χ3n) is 1.18. The van der Waals surface area contributed by atoms with E-state index in [4.69, 9.17) is 17.2 Å². The molecular formula is C5H17N5. The minimum absolute atomic E-state index is 0.473. The maximum absolute atomic E-state index is 5.39. The number of rotatable bonds is 6. The van der Waals surface area contributed by atoms with E-state index in [9.17, 15) is 0 Å². The molecule has 0 amide bonds. The molecule has 0 aliphatic carbocycles. The lowest BCUT2D eigenvalue weighted by Crippen LogP contribution is -2.42. The molecule has 0 atom stereocenters. The Hall–Kier alpha value is -0.200. The number of nitrogens with zero attached hydrogens (tertiary/aromatic N) is 1. The molecule has 0 aliphatic heterocycles. The van der Waals surface area contributed by atoms with Crippen LogP contribution in [0.4, 0.5) is 0 Å². The van der Waals surface area contributed by atoms with Gasteiger partial charge in [-0.3, -0.25) is 10.2 Å². The van der Waals surface area contributed by atoms with Crippen molar-refractivity contribution in [1.82, 2.24) is 10.2 Å². The molecule has 5 heteroatoms. The fourth-order valence-corrected chi connectivity index (χ4v) is 0.640. The highest BCUT2D eigenvalue weighted by molar-refractivity contribution is 4.51. The number of nitrogens with two attached hydrogens (primary N) is 3. The normalized spacial score (nSPS) is 10.8. The third kappa shape index (κ3) is 4.66. The lowest BCUT2D eigenvalue weighted by molar-refractivity contribution is 0.268. The second kappa shape index (κ2) is 6.91. The Labute approximate surface area is 61.5 Å². The highest BCUT2D eigenvalue weighted by Gasteiger charge is 1.97. The summed E-state index contributed by atoms with van der Waals surface area (Å²) in [5.41, 5.74) is 15.9. The quantitative estimate of drug-likeness (QED) is 0.315. The predicted molar refractivity (Wildman–Crippen MR) is 41.9 cm³/mol. The van der Waals surface area contributed by atoms with Crippen molar-refractivity contribution in [3.05, 3.63) is 0 Å². The average molecular weight is 147 g/mol. The van der Waals surface area contributed by atoms with E-state index >= 15 is 0 Å². The maximum Gasteiger partial charge on any atom is 0.0502 e. The van der Waals surface area contributed by atoms with Crippen molar-refractivity contribution in [1.29, 1.82) is 0 Å². The van der Waals surface area contributed by atoms with Gasteiger partial charge in [-0.2, -0.15) is 0 Å². The molecular weight excluding hydrogens is 130 g/mol. The topological polar surface area (TPSA) is 93.3 Å². The van der Waals surface area contributed by atoms with Gasteiger partial charge in [0.05, 0.1) is 6.67 Å². The maximum atomic E-state index is 5.39. The van der Waals surface area contributed by atoms with Crippen LogP contribution >= 0.6 is 0 Å². The molecule has 0 rings (SSSR count). The van der Waals surface area contributed by atoms with Crippen LogP contribution in [0.25, 0.3) is 0 Å². The fraction of sp³-hybridized carbons (Fsp3) is 1.00. The summed E-state index contributed by atoms with van der Waals surface area (Å²) in [5.74, 6) is 0. The van der Waals surface area contributed by atoms with E-state index in [1.807, 2.05) is 4.90 Å². The van der Waals surface area contributed by atoms with Crippen LogP contribution in [-0.4, -0.2) is 38.0 Å². The summed E-state index contributed by atoms with van der Waals surface area (Å²) in [6.07, 6.45) is 0. The van der Waals surface area contributed by atoms with Crippen molar-refractivity contribution < 1.29 is 0 Å². The van der Waals surface area contributed by atoms with Gasteiger partial charge in [0, 0.05) is 26.4 Å². The lowest BCUT2D eigenvalue weighted by atomic mass is 10.6. The van der Waals surface area contributed by atoms with Gasteiger partial charge in [0.25, 0.3) is 0 Å². The summed E-state index contributed by atoms with van der Waals surface area (Å²) in [6.45, 7) is 3.14. The summed E-state index contributed by atoms with van der Waals surface area (Å²) in [7, 11) is 0. The summed E-state index contributed by atoms with van der Waals surface area (Å²) < 4.78 is 0. The standard InChI is InChI=1S/C5H17N5/c6-1-2-10(4-8)5-9-3-7/h9H,1-8H2. The Bertz CT molecular complexity index is 67.1. The molecule has 0 saturated heterocycles. The Morgan fingerprint density at radius 1 is 1.20 bits per heavy atom. The van der Waals surface area contributed by atoms with E-state index in [1.54, 1.807) is 0 Å². The van der Waals surface area contributed by atoms with Crippen LogP contribution in [0.5, 0.6) is 0 Å². The van der Waals surface area contributed by atoms with E-state index < -0.39 is 0 Å². The van der Waals surface area contributed by atoms with Gasteiger partial charge in [-0.15, -0.1) is 0 Å². The molecule has 0 aromatic carbocycles. The number of nitrogens with one attached hydrogen (secondary N) is 1. The molecule has 0 spiro atoms. The van der Waals surface area contributed by atoms with Gasteiger partial charge in [-0.1, -0.05) is 0 Å². The lowest BCUT2D eigenvalue weighted by Gasteiger charge is -2.18. The smallest absolute Gasteiger partial charge is 0.0502 e. The van der Waals surface area contributed by atoms with Crippen molar-refractivity contribution in [2.24, 2.45) is 17.2 Å². The van der Waals surface area contributed by atoms with Crippen LogP contribution in [0.3, 0.4) is 0 Å². The first-order chi connectivity index (χ1) is 4.85. The Morgan fingerprint density at radius 2 is 1.90 bits per heavy atom. The number of hydrogen-bond acceptors (Lipinski definition) is 5. The fourth-order valence-electron chi connectivity index (χ4n) is 0.640. The average Bonchev–Trinajstić information content (AvgIpc) is 1.98. The highest BCUT2D eigenvalue weighted by atomic mass is 15.3. The molecule has 62 valence electrons. The molecule has 5 nitrogen and oxygen atoms in total. The molecule has 0 bridgehead atoms. The van der Waals surface area contributed by atoms with Crippen LogP contribution < -0.4 is 22.5 Å². The van der Waals surface area contributed by atoms with Gasteiger partial charge in [-0.05, 0) is 0 Å². The largest absolute Gasteiger partial charge is 0.329 e. The molecule has 0 radical (unpaired) electrons. The minimum Gasteiger partial charge on any atom is -0.329 e. The van der Waals surface area contributed by atoms with E-state index in [2.05, 4.69) is 5.32 Å². The Balaban J connectivity index is 3.21. The molecule has 7 N–H and O–H groups in total. The van der Waals surface area contributed by atoms with Crippen LogP contribution in [0, 0.1) is 0 Å². The monoisotopic (exact) mass is 147 g/mol. The van der Waals surface area contributed by atoms with Crippen molar-refractivity contribution in [2.75, 3.05) is 33.1 Å². The zero-order valence-corrected chi connectivity index (χ0v) is 6.21. The second-order valence-electron chi connectivity index (χ2n) is 1.98. The summed E-state index contributed by atoms with van der Waals surface area (Å²) in [6, 6.07) is 0. The molecule has 0 aliphatic rings. The summed E-state index contributed by atoms with van der Waals surface area (Å²) >= 11 is 0. The van der Waals surface area contributed by atoms with Gasteiger partial charge in [-0.25, -0.2) is 0 Å². The molecule has 10 heavy (non-hydrogen) atoms. The Morgan fingerprint density at radius 3 is 2.30 bits per heavy atom. The highest BCUT2D eigenvalue weighted by Crippen LogP contribution is 1.76. The van der Waals surface area contributed by atoms with Gasteiger partial charge in [0.2, 0.25) is 0 Å². The molecule has 0 aromatic rings. The van der Waals surface area contributed by atoms with Crippen molar-refractivity contribution in [3.63, 3.8) is 0 Å². The van der Waals surface area contributed by atoms with E-state index in [-0.39, 0.29) is 0 Å². The first kappa shape index (κ1) is 9.80. The van der Waals surface area contributed by atoms with Crippen LogP contribution in [0.15, 0.2) is 0 Å². The van der Waals surface area contributed by atoms with Crippen molar-refractivity contribution in [2.45, 2.75) is 0 Å². The van der Waals surface area contributed by atoms with E-state index in [1.165, 1.54) is 0 Å². The molecule has 0 aromatic heterocycles. The Kier molecular flexibility index (Phi) is 6.78. The molecule has 0 heterocycles. The van der Waals surface area contributed by atoms with Gasteiger partial charge in [0.15, 0.2) is 0 Å². The van der Waals surface area contributed by atoms with Crippen LogP contribution in [-0.2, 0) is 0 Å². The van der Waals surface area contributed by atoms with Gasteiger partial charge < -0.3 is 17.2 Å². The van der Waals surface area contributed by atoms with E-state index in [0.717, 1.165) is 6.54 Å². The van der Waals surface area contributed by atoms with Crippen LogP contribution in [0.2, 0.25) is 0 Å². The molecule has 0 fully saturated rings. The first-order valence-electron chi connectivity index (χ1n) is 3.38. The zero-order valence-electron chi connectivity index (χ0n) is 6.21. The molecule has 0 unspecified atom stereocenters. The van der Waals surface area contributed by atoms with Crippen LogP contribution in [0.1, 0.15) is 0 Å². The predicted octanol–water partition coefficient (Wildman–Crippen LogP) is -2.37. The number of hydrogen-bond donors (Lipinski definition) is 4. The van der Waals surface area contributed by atoms with Gasteiger partial charge >= 0.3 is 0 Å². The van der Waals surface area contributed by atoms with Gasteiger partial charge in [0.1, 0.15) is 0 Å². The summed E-state index contributed by atoms with van der Waals surface area (Å²) in [5, 5.41) is 2.95. The SMILES string of the molecule is NCCN(CN)CNCN. The van der Waals surface area contributed by atoms with Crippen molar-refractivity contribution in [3.8, 4) is 0 Å². The first-order valence-corrected chi connectivity index (χ1v) is 3.38. The summed E-state index contributed by atoms with van der Waals surface area (Å²) in [4.78, 5) is 1.98. The van der Waals surface area contributed by atoms with Crippen molar-refractivity contribution >= 4 is 0 Å².